The van der Waals surface area contributed by atoms with Crippen molar-refractivity contribution in [2.45, 2.75) is 13.8 Å². The first-order chi connectivity index (χ1) is 13.0. The van der Waals surface area contributed by atoms with E-state index in [4.69, 9.17) is 9.47 Å². The summed E-state index contributed by atoms with van der Waals surface area (Å²) in [5, 5.41) is 3.58. The Balaban J connectivity index is 1.97. The summed E-state index contributed by atoms with van der Waals surface area (Å²) in [5.41, 5.74) is 2.95. The second kappa shape index (κ2) is 7.86. The molecular weight excluding hydrogens is 344 g/mol. The lowest BCUT2D eigenvalue weighted by Gasteiger charge is -2.11. The number of anilines is 1. The summed E-state index contributed by atoms with van der Waals surface area (Å²) >= 11 is 0. The fourth-order valence-electron chi connectivity index (χ4n) is 2.74. The zero-order chi connectivity index (χ0) is 19.4. The highest BCUT2D eigenvalue weighted by Gasteiger charge is 2.13. The van der Waals surface area contributed by atoms with Crippen molar-refractivity contribution >= 4 is 28.5 Å². The Morgan fingerprint density at radius 3 is 2.41 bits per heavy atom. The van der Waals surface area contributed by atoms with Gasteiger partial charge in [-0.2, -0.15) is 0 Å². The number of hydrogen-bond acceptors (Lipinski definition) is 5. The minimum Gasteiger partial charge on any atom is -0.497 e. The topological polar surface area (TPSA) is 77.5 Å². The molecular formula is C21H20N2O4. The van der Waals surface area contributed by atoms with Gasteiger partial charge in [-0.15, -0.1) is 0 Å². The van der Waals surface area contributed by atoms with Gasteiger partial charge in [-0.1, -0.05) is 0 Å². The van der Waals surface area contributed by atoms with Crippen LogP contribution in [0.2, 0.25) is 0 Å². The number of benzene rings is 2. The largest absolute Gasteiger partial charge is 0.497 e. The third-order valence-corrected chi connectivity index (χ3v) is 4.05. The Bertz CT molecular complexity index is 997. The van der Waals surface area contributed by atoms with E-state index < -0.39 is 5.97 Å². The van der Waals surface area contributed by atoms with Crippen LogP contribution in [0, 0.1) is 6.92 Å². The van der Waals surface area contributed by atoms with Crippen LogP contribution in [0.3, 0.4) is 0 Å². The molecule has 3 aromatic rings. The molecule has 138 valence electrons. The smallest absolute Gasteiger partial charge is 0.338 e. The first-order valence-corrected chi connectivity index (χ1v) is 8.55. The molecule has 3 rings (SSSR count). The number of pyridine rings is 1. The second-order valence-electron chi connectivity index (χ2n) is 5.95. The summed E-state index contributed by atoms with van der Waals surface area (Å²) in [4.78, 5) is 29.1. The van der Waals surface area contributed by atoms with Gasteiger partial charge in [0, 0.05) is 16.6 Å². The number of aromatic nitrogens is 1. The number of amides is 1. The normalized spacial score (nSPS) is 10.5. The molecule has 0 saturated carbocycles. The molecule has 0 atom stereocenters. The van der Waals surface area contributed by atoms with Crippen LogP contribution in [0.5, 0.6) is 5.75 Å². The quantitative estimate of drug-likeness (QED) is 0.693. The van der Waals surface area contributed by atoms with Crippen LogP contribution in [0.15, 0.2) is 48.5 Å². The molecule has 6 nitrogen and oxygen atoms in total. The van der Waals surface area contributed by atoms with Crippen molar-refractivity contribution in [1.82, 2.24) is 4.98 Å². The van der Waals surface area contributed by atoms with Gasteiger partial charge in [-0.05, 0) is 62.4 Å². The molecule has 0 unspecified atom stereocenters. The average molecular weight is 364 g/mol. The molecule has 27 heavy (non-hydrogen) atoms. The Morgan fingerprint density at radius 1 is 1.04 bits per heavy atom. The number of aryl methyl sites for hydroxylation is 1. The summed E-state index contributed by atoms with van der Waals surface area (Å²) in [7, 11) is 1.57. The van der Waals surface area contributed by atoms with Gasteiger partial charge in [-0.3, -0.25) is 9.78 Å². The maximum Gasteiger partial charge on any atom is 0.338 e. The number of ether oxygens (including phenoxy) is 2. The number of nitrogens with zero attached hydrogens (tertiary/aromatic N) is 1. The molecule has 0 aliphatic carbocycles. The Morgan fingerprint density at radius 2 is 1.74 bits per heavy atom. The van der Waals surface area contributed by atoms with Gasteiger partial charge < -0.3 is 14.8 Å². The van der Waals surface area contributed by atoms with E-state index in [2.05, 4.69) is 10.3 Å². The maximum absolute atomic E-state index is 12.6. The third kappa shape index (κ3) is 4.06. The van der Waals surface area contributed by atoms with E-state index in [0.717, 1.165) is 5.69 Å². The Hall–Kier alpha value is -3.41. The molecule has 1 aromatic heterocycles. The lowest BCUT2D eigenvalue weighted by atomic mass is 10.1. The number of esters is 1. The molecule has 0 radical (unpaired) electrons. The number of carbonyl (C=O) groups excluding carboxylic acids is 2. The van der Waals surface area contributed by atoms with E-state index in [1.165, 1.54) is 0 Å². The highest BCUT2D eigenvalue weighted by molar-refractivity contribution is 6.09. The molecule has 1 amide bonds. The molecule has 0 bridgehead atoms. The maximum atomic E-state index is 12.6. The van der Waals surface area contributed by atoms with Crippen LogP contribution in [-0.2, 0) is 4.74 Å². The zero-order valence-corrected chi connectivity index (χ0v) is 15.4. The van der Waals surface area contributed by atoms with Crippen molar-refractivity contribution in [1.29, 1.82) is 0 Å². The van der Waals surface area contributed by atoms with E-state index in [0.29, 0.717) is 40.1 Å². The first kappa shape index (κ1) is 18.4. The van der Waals surface area contributed by atoms with Crippen molar-refractivity contribution in [3.8, 4) is 5.75 Å². The van der Waals surface area contributed by atoms with Gasteiger partial charge in [0.1, 0.15) is 5.75 Å². The van der Waals surface area contributed by atoms with Gasteiger partial charge >= 0.3 is 5.97 Å². The Kier molecular flexibility index (Phi) is 5.35. The fourth-order valence-corrected chi connectivity index (χ4v) is 2.74. The van der Waals surface area contributed by atoms with E-state index in [-0.39, 0.29) is 5.91 Å². The predicted octanol–water partition coefficient (Wildman–Crippen LogP) is 3.98. The van der Waals surface area contributed by atoms with E-state index in [9.17, 15) is 9.59 Å². The van der Waals surface area contributed by atoms with Gasteiger partial charge in [0.25, 0.3) is 5.91 Å². The van der Waals surface area contributed by atoms with Crippen LogP contribution in [-0.4, -0.2) is 30.6 Å². The summed E-state index contributed by atoms with van der Waals surface area (Å²) in [5.74, 6) is 0.00864. The summed E-state index contributed by atoms with van der Waals surface area (Å²) in [6, 6.07) is 13.7. The van der Waals surface area contributed by atoms with Crippen LogP contribution in [0.1, 0.15) is 33.3 Å². The van der Waals surface area contributed by atoms with E-state index >= 15 is 0 Å². The van der Waals surface area contributed by atoms with Crippen molar-refractivity contribution in [3.63, 3.8) is 0 Å². The molecule has 0 aliphatic heterocycles. The SMILES string of the molecule is CCOC(=O)c1ccc2nc(C)cc(NC(=O)c3ccc(OC)cc3)c2c1. The molecule has 1 N–H and O–H groups in total. The zero-order valence-electron chi connectivity index (χ0n) is 15.4. The van der Waals surface area contributed by atoms with Crippen LogP contribution < -0.4 is 10.1 Å². The lowest BCUT2D eigenvalue weighted by molar-refractivity contribution is 0.0526. The van der Waals surface area contributed by atoms with Crippen molar-refractivity contribution in [2.75, 3.05) is 19.0 Å². The molecule has 1 heterocycles. The highest BCUT2D eigenvalue weighted by Crippen LogP contribution is 2.25. The summed E-state index contributed by atoms with van der Waals surface area (Å²) in [6.45, 7) is 3.90. The van der Waals surface area contributed by atoms with Crippen molar-refractivity contribution in [3.05, 3.63) is 65.4 Å². The summed E-state index contributed by atoms with van der Waals surface area (Å²) in [6.07, 6.45) is 0. The van der Waals surface area contributed by atoms with Crippen LogP contribution in [0.25, 0.3) is 10.9 Å². The number of methoxy groups -OCH3 is 1. The number of fused-ring (bicyclic) bond motifs is 1. The molecule has 0 aliphatic rings. The fraction of sp³-hybridized carbons (Fsp3) is 0.190. The standard InChI is InChI=1S/C21H20N2O4/c1-4-27-21(25)15-7-10-18-17(12-15)19(11-13(2)22-18)23-20(24)14-5-8-16(26-3)9-6-14/h5-12H,4H2,1-3H3,(H,22,23,24). The summed E-state index contributed by atoms with van der Waals surface area (Å²) < 4.78 is 10.2. The van der Waals surface area contributed by atoms with Gasteiger partial charge in [0.15, 0.2) is 0 Å². The predicted molar refractivity (Wildman–Crippen MR) is 103 cm³/mol. The number of carbonyl (C=O) groups is 2. The molecule has 6 heteroatoms. The lowest BCUT2D eigenvalue weighted by Crippen LogP contribution is -2.13. The number of rotatable bonds is 5. The van der Waals surface area contributed by atoms with Crippen LogP contribution >= 0.6 is 0 Å². The Labute approximate surface area is 157 Å². The van der Waals surface area contributed by atoms with Gasteiger partial charge in [0.05, 0.1) is 30.5 Å². The molecule has 2 aromatic carbocycles. The molecule has 0 fully saturated rings. The monoisotopic (exact) mass is 364 g/mol. The second-order valence-corrected chi connectivity index (χ2v) is 5.95. The minimum absolute atomic E-state index is 0.258. The first-order valence-electron chi connectivity index (χ1n) is 8.55. The molecule has 0 saturated heterocycles. The number of nitrogens with one attached hydrogen (secondary N) is 1. The van der Waals surface area contributed by atoms with E-state index in [1.807, 2.05) is 6.92 Å². The van der Waals surface area contributed by atoms with Gasteiger partial charge in [-0.25, -0.2) is 4.79 Å². The van der Waals surface area contributed by atoms with Gasteiger partial charge in [0.2, 0.25) is 0 Å². The molecule has 0 spiro atoms. The third-order valence-electron chi connectivity index (χ3n) is 4.05. The van der Waals surface area contributed by atoms with Crippen molar-refractivity contribution in [2.24, 2.45) is 0 Å². The average Bonchev–Trinajstić information content (AvgIpc) is 2.67. The highest BCUT2D eigenvalue weighted by atomic mass is 16.5. The van der Waals surface area contributed by atoms with E-state index in [1.54, 1.807) is 62.6 Å². The minimum atomic E-state index is -0.410. The van der Waals surface area contributed by atoms with Crippen molar-refractivity contribution < 1.29 is 19.1 Å². The number of hydrogen-bond donors (Lipinski definition) is 1. The van der Waals surface area contributed by atoms with Crippen LogP contribution in [0.4, 0.5) is 5.69 Å².